The van der Waals surface area contributed by atoms with Gasteiger partial charge < -0.3 is 9.64 Å². The molecule has 0 aliphatic carbocycles. The van der Waals surface area contributed by atoms with Crippen molar-refractivity contribution in [3.63, 3.8) is 0 Å². The second kappa shape index (κ2) is 8.82. The topological polar surface area (TPSA) is 66.9 Å². The second-order valence-corrected chi connectivity index (χ2v) is 10.3. The van der Waals surface area contributed by atoms with Crippen molar-refractivity contribution >= 4 is 27.3 Å². The Morgan fingerprint density at radius 2 is 1.58 bits per heavy atom. The summed E-state index contributed by atoms with van der Waals surface area (Å²) in [5.74, 6) is 0.557. The summed E-state index contributed by atoms with van der Waals surface area (Å²) in [5, 5.41) is 1.92. The molecule has 3 aromatic rings. The number of hydrogen-bond acceptors (Lipinski definition) is 5. The molecule has 1 aliphatic rings. The average Bonchev–Trinajstić information content (AvgIpc) is 3.29. The third kappa shape index (κ3) is 4.37. The van der Waals surface area contributed by atoms with Crippen LogP contribution in [0.15, 0.2) is 64.9 Å². The lowest BCUT2D eigenvalue weighted by atomic mass is 10.0. The first-order valence-electron chi connectivity index (χ1n) is 9.98. The number of ether oxygens (including phenoxy) is 1. The van der Waals surface area contributed by atoms with Crippen LogP contribution in [0.1, 0.15) is 15.2 Å². The summed E-state index contributed by atoms with van der Waals surface area (Å²) in [6.07, 6.45) is 0. The van der Waals surface area contributed by atoms with E-state index in [9.17, 15) is 13.2 Å². The van der Waals surface area contributed by atoms with E-state index in [1.807, 2.05) is 42.6 Å². The van der Waals surface area contributed by atoms with E-state index in [1.54, 1.807) is 29.2 Å². The van der Waals surface area contributed by atoms with Gasteiger partial charge in [-0.15, -0.1) is 11.3 Å². The number of rotatable bonds is 5. The largest absolute Gasteiger partial charge is 0.497 e. The first-order valence-corrected chi connectivity index (χ1v) is 12.3. The van der Waals surface area contributed by atoms with Gasteiger partial charge in [0.2, 0.25) is 10.0 Å². The van der Waals surface area contributed by atoms with Crippen molar-refractivity contribution in [2.45, 2.75) is 11.8 Å². The standard InChI is InChI=1S/C23H24N2O4S2/c1-17-3-5-18(6-4-17)21-11-16-30-22(21)23(26)24-12-14-25(15-13-24)31(27,28)20-9-7-19(29-2)8-10-20/h3-11,16H,12-15H2,1-2H3. The van der Waals surface area contributed by atoms with Crippen molar-refractivity contribution in [3.05, 3.63) is 70.4 Å². The molecule has 1 fully saturated rings. The van der Waals surface area contributed by atoms with Gasteiger partial charge in [0, 0.05) is 31.7 Å². The summed E-state index contributed by atoms with van der Waals surface area (Å²) in [6, 6.07) is 16.4. The number of carbonyl (C=O) groups excluding carboxylic acids is 1. The van der Waals surface area contributed by atoms with Crippen molar-refractivity contribution in [2.75, 3.05) is 33.3 Å². The Morgan fingerprint density at radius 3 is 2.19 bits per heavy atom. The van der Waals surface area contributed by atoms with Gasteiger partial charge in [0.25, 0.3) is 5.91 Å². The Bertz CT molecular complexity index is 1160. The number of sulfonamides is 1. The van der Waals surface area contributed by atoms with Gasteiger partial charge in [0.05, 0.1) is 16.9 Å². The molecule has 2 aromatic carbocycles. The highest BCUT2D eigenvalue weighted by Gasteiger charge is 2.31. The predicted octanol–water partition coefficient (Wildman–Crippen LogP) is 3.88. The number of hydrogen-bond donors (Lipinski definition) is 0. The minimum Gasteiger partial charge on any atom is -0.497 e. The molecule has 6 nitrogen and oxygen atoms in total. The van der Waals surface area contributed by atoms with Crippen LogP contribution < -0.4 is 4.74 Å². The van der Waals surface area contributed by atoms with Crippen LogP contribution in [0.25, 0.3) is 11.1 Å². The third-order valence-electron chi connectivity index (χ3n) is 5.45. The lowest BCUT2D eigenvalue weighted by Gasteiger charge is -2.34. The lowest BCUT2D eigenvalue weighted by molar-refractivity contribution is 0.0703. The molecule has 8 heteroatoms. The molecule has 0 spiro atoms. The molecule has 0 N–H and O–H groups in total. The molecule has 1 amide bonds. The summed E-state index contributed by atoms with van der Waals surface area (Å²) in [6.45, 7) is 3.29. The molecule has 1 saturated heterocycles. The number of nitrogens with zero attached hydrogens (tertiary/aromatic N) is 2. The van der Waals surface area contributed by atoms with E-state index >= 15 is 0 Å². The van der Waals surface area contributed by atoms with Crippen LogP contribution in [0.3, 0.4) is 0 Å². The summed E-state index contributed by atoms with van der Waals surface area (Å²) >= 11 is 1.42. The molecule has 1 aromatic heterocycles. The maximum absolute atomic E-state index is 13.2. The van der Waals surface area contributed by atoms with E-state index in [0.717, 1.165) is 11.1 Å². The maximum atomic E-state index is 13.2. The highest BCUT2D eigenvalue weighted by molar-refractivity contribution is 7.89. The zero-order valence-corrected chi connectivity index (χ0v) is 19.1. The minimum absolute atomic E-state index is 0.0490. The Balaban J connectivity index is 1.46. The van der Waals surface area contributed by atoms with Gasteiger partial charge in [0.15, 0.2) is 0 Å². The molecule has 2 heterocycles. The monoisotopic (exact) mass is 456 g/mol. The van der Waals surface area contributed by atoms with Gasteiger partial charge in [-0.3, -0.25) is 4.79 Å². The van der Waals surface area contributed by atoms with Crippen molar-refractivity contribution < 1.29 is 17.9 Å². The van der Waals surface area contributed by atoms with Gasteiger partial charge in [-0.2, -0.15) is 4.31 Å². The number of thiophene rings is 1. The van der Waals surface area contributed by atoms with Crippen LogP contribution in [0.2, 0.25) is 0 Å². The molecule has 0 saturated carbocycles. The van der Waals surface area contributed by atoms with Crippen LogP contribution in [0.4, 0.5) is 0 Å². The molecular formula is C23H24N2O4S2. The van der Waals surface area contributed by atoms with Gasteiger partial charge in [-0.05, 0) is 48.2 Å². The minimum atomic E-state index is -3.60. The van der Waals surface area contributed by atoms with Crippen LogP contribution in [0, 0.1) is 6.92 Å². The number of carbonyl (C=O) groups is 1. The van der Waals surface area contributed by atoms with E-state index in [4.69, 9.17) is 4.74 Å². The zero-order valence-electron chi connectivity index (χ0n) is 17.4. The van der Waals surface area contributed by atoms with Gasteiger partial charge >= 0.3 is 0 Å². The smallest absolute Gasteiger partial charge is 0.264 e. The van der Waals surface area contributed by atoms with Crippen LogP contribution >= 0.6 is 11.3 Å². The summed E-state index contributed by atoms with van der Waals surface area (Å²) in [4.78, 5) is 15.8. The number of piperazine rings is 1. The van der Waals surface area contributed by atoms with Crippen molar-refractivity contribution in [2.24, 2.45) is 0 Å². The number of methoxy groups -OCH3 is 1. The number of aryl methyl sites for hydroxylation is 1. The Hall–Kier alpha value is -2.68. The maximum Gasteiger partial charge on any atom is 0.264 e. The Kier molecular flexibility index (Phi) is 6.13. The van der Waals surface area contributed by atoms with Crippen molar-refractivity contribution in [1.82, 2.24) is 9.21 Å². The average molecular weight is 457 g/mol. The molecule has 0 unspecified atom stereocenters. The SMILES string of the molecule is COc1ccc(S(=O)(=O)N2CCN(C(=O)c3sccc3-c3ccc(C)cc3)CC2)cc1. The Morgan fingerprint density at radius 1 is 0.935 bits per heavy atom. The molecule has 0 atom stereocenters. The van der Waals surface area contributed by atoms with Crippen LogP contribution in [-0.4, -0.2) is 56.8 Å². The summed E-state index contributed by atoms with van der Waals surface area (Å²) < 4.78 is 32.4. The van der Waals surface area contributed by atoms with Crippen molar-refractivity contribution in [1.29, 1.82) is 0 Å². The number of benzene rings is 2. The van der Waals surface area contributed by atoms with E-state index in [2.05, 4.69) is 0 Å². The normalized spacial score (nSPS) is 15.1. The van der Waals surface area contributed by atoms with Crippen LogP contribution in [0.5, 0.6) is 5.75 Å². The first-order chi connectivity index (χ1) is 14.9. The first kappa shape index (κ1) is 21.5. The quantitative estimate of drug-likeness (QED) is 0.584. The van der Waals surface area contributed by atoms with E-state index in [-0.39, 0.29) is 23.9 Å². The fraction of sp³-hybridized carbons (Fsp3) is 0.261. The highest BCUT2D eigenvalue weighted by Crippen LogP contribution is 2.30. The summed E-state index contributed by atoms with van der Waals surface area (Å²) in [5.41, 5.74) is 3.10. The fourth-order valence-electron chi connectivity index (χ4n) is 3.61. The van der Waals surface area contributed by atoms with Crippen molar-refractivity contribution in [3.8, 4) is 16.9 Å². The second-order valence-electron chi connectivity index (χ2n) is 7.40. The van der Waals surface area contributed by atoms with Gasteiger partial charge in [-0.1, -0.05) is 29.8 Å². The highest BCUT2D eigenvalue weighted by atomic mass is 32.2. The van der Waals surface area contributed by atoms with Gasteiger partial charge in [-0.25, -0.2) is 8.42 Å². The predicted molar refractivity (Wildman–Crippen MR) is 122 cm³/mol. The lowest BCUT2D eigenvalue weighted by Crippen LogP contribution is -2.50. The molecule has 4 rings (SSSR count). The molecule has 162 valence electrons. The fourth-order valence-corrected chi connectivity index (χ4v) is 5.91. The molecule has 1 aliphatic heterocycles. The van der Waals surface area contributed by atoms with Gasteiger partial charge in [0.1, 0.15) is 5.75 Å². The molecule has 0 bridgehead atoms. The summed E-state index contributed by atoms with van der Waals surface area (Å²) in [7, 11) is -2.06. The number of amides is 1. The van der Waals surface area contributed by atoms with Crippen LogP contribution in [-0.2, 0) is 10.0 Å². The molecule has 0 radical (unpaired) electrons. The molecular weight excluding hydrogens is 432 g/mol. The Labute approximate surface area is 186 Å². The van der Waals surface area contributed by atoms with E-state index in [1.165, 1.54) is 28.3 Å². The third-order valence-corrected chi connectivity index (χ3v) is 8.26. The zero-order chi connectivity index (χ0) is 22.0. The van der Waals surface area contributed by atoms with E-state index in [0.29, 0.717) is 23.7 Å². The molecule has 31 heavy (non-hydrogen) atoms. The van der Waals surface area contributed by atoms with E-state index < -0.39 is 10.0 Å².